The average molecular weight is 176 g/mol. The van der Waals surface area contributed by atoms with Crippen molar-refractivity contribution in [3.8, 4) is 0 Å². The molecule has 0 amide bonds. The number of nitrogens with two attached hydrogens (primary N) is 1. The normalized spacial score (nSPS) is 33.7. The van der Waals surface area contributed by atoms with E-state index in [1.807, 2.05) is 23.5 Å². The van der Waals surface area contributed by atoms with E-state index in [2.05, 4.69) is 6.92 Å². The van der Waals surface area contributed by atoms with E-state index >= 15 is 0 Å². The molecule has 58 valence electrons. The zero-order valence-corrected chi connectivity index (χ0v) is 7.60. The molecule has 1 saturated heterocycles. The van der Waals surface area contributed by atoms with Crippen LogP contribution in [-0.2, 0) is 0 Å². The molecule has 4 heteroatoms. The molecule has 1 heterocycles. The number of amidine groups is 1. The van der Waals surface area contributed by atoms with Crippen molar-refractivity contribution in [1.29, 1.82) is 5.41 Å². The van der Waals surface area contributed by atoms with E-state index in [-0.39, 0.29) is 5.25 Å². The highest BCUT2D eigenvalue weighted by atomic mass is 32.2. The fourth-order valence-corrected chi connectivity index (χ4v) is 3.61. The third-order valence-electron chi connectivity index (χ3n) is 1.49. The molecule has 0 bridgehead atoms. The van der Waals surface area contributed by atoms with E-state index < -0.39 is 0 Å². The number of hydrogen-bond donors (Lipinski definition) is 2. The summed E-state index contributed by atoms with van der Waals surface area (Å²) in [5, 5.41) is 8.05. The van der Waals surface area contributed by atoms with Crippen LogP contribution in [0, 0.1) is 5.41 Å². The number of nitrogens with one attached hydrogen (secondary N) is 1. The lowest BCUT2D eigenvalue weighted by atomic mass is 10.3. The molecule has 1 aliphatic heterocycles. The fourth-order valence-electron chi connectivity index (χ4n) is 0.975. The second-order valence-electron chi connectivity index (χ2n) is 2.32. The van der Waals surface area contributed by atoms with E-state index in [9.17, 15) is 0 Å². The second kappa shape index (κ2) is 3.53. The highest BCUT2D eigenvalue weighted by Gasteiger charge is 2.24. The predicted molar refractivity (Wildman–Crippen MR) is 50.1 cm³/mol. The van der Waals surface area contributed by atoms with Crippen LogP contribution in [0.25, 0.3) is 0 Å². The van der Waals surface area contributed by atoms with E-state index in [1.54, 1.807) is 0 Å². The SMILES string of the molecule is CC1SCCSC1C(=N)N. The predicted octanol–water partition coefficient (Wildman–Crippen LogP) is 1.16. The van der Waals surface area contributed by atoms with Crippen molar-refractivity contribution in [2.75, 3.05) is 11.5 Å². The zero-order chi connectivity index (χ0) is 7.56. The van der Waals surface area contributed by atoms with Gasteiger partial charge >= 0.3 is 0 Å². The van der Waals surface area contributed by atoms with Gasteiger partial charge in [0.05, 0.1) is 5.25 Å². The van der Waals surface area contributed by atoms with Crippen LogP contribution in [0.3, 0.4) is 0 Å². The smallest absolute Gasteiger partial charge is 0.105 e. The van der Waals surface area contributed by atoms with Crippen LogP contribution in [0.1, 0.15) is 6.92 Å². The lowest BCUT2D eigenvalue weighted by Crippen LogP contribution is -2.35. The van der Waals surface area contributed by atoms with E-state index in [0.717, 1.165) is 5.75 Å². The van der Waals surface area contributed by atoms with Gasteiger partial charge in [0.15, 0.2) is 0 Å². The molecule has 0 aromatic carbocycles. The first kappa shape index (κ1) is 8.27. The van der Waals surface area contributed by atoms with E-state index in [4.69, 9.17) is 11.1 Å². The Kier molecular flexibility index (Phi) is 2.92. The van der Waals surface area contributed by atoms with Gasteiger partial charge in [0.25, 0.3) is 0 Å². The van der Waals surface area contributed by atoms with Crippen LogP contribution in [0.15, 0.2) is 0 Å². The van der Waals surface area contributed by atoms with Crippen LogP contribution < -0.4 is 5.73 Å². The molecule has 0 aromatic rings. The summed E-state index contributed by atoms with van der Waals surface area (Å²) >= 11 is 3.72. The molecule has 0 aromatic heterocycles. The third-order valence-corrected chi connectivity index (χ3v) is 4.62. The van der Waals surface area contributed by atoms with Crippen molar-refractivity contribution < 1.29 is 0 Å². The van der Waals surface area contributed by atoms with Crippen LogP contribution in [0.5, 0.6) is 0 Å². The minimum absolute atomic E-state index is 0.263. The van der Waals surface area contributed by atoms with Crippen LogP contribution >= 0.6 is 23.5 Å². The average Bonchev–Trinajstić information content (AvgIpc) is 1.88. The molecule has 0 saturated carbocycles. The molecule has 2 atom stereocenters. The van der Waals surface area contributed by atoms with Gasteiger partial charge in [-0.2, -0.15) is 11.8 Å². The van der Waals surface area contributed by atoms with Gasteiger partial charge in [0.2, 0.25) is 0 Å². The van der Waals surface area contributed by atoms with Crippen LogP contribution in [0.2, 0.25) is 0 Å². The topological polar surface area (TPSA) is 49.9 Å². The molecule has 1 rings (SSSR count). The molecule has 2 unspecified atom stereocenters. The summed E-state index contributed by atoms with van der Waals surface area (Å²) in [6.07, 6.45) is 0. The van der Waals surface area contributed by atoms with Crippen molar-refractivity contribution in [2.45, 2.75) is 17.4 Å². The summed E-state index contributed by atoms with van der Waals surface area (Å²) in [5.74, 6) is 2.68. The van der Waals surface area contributed by atoms with E-state index in [0.29, 0.717) is 11.1 Å². The molecule has 2 nitrogen and oxygen atoms in total. The number of rotatable bonds is 1. The van der Waals surface area contributed by atoms with Gasteiger partial charge in [-0.15, -0.1) is 11.8 Å². The molecular weight excluding hydrogens is 164 g/mol. The molecule has 0 aliphatic carbocycles. The standard InChI is InChI=1S/C6H12N2S2/c1-4-5(6(7)8)10-3-2-9-4/h4-5H,2-3H2,1H3,(H3,7,8). The first-order valence-electron chi connectivity index (χ1n) is 3.29. The first-order chi connectivity index (χ1) is 4.72. The number of hydrogen-bond acceptors (Lipinski definition) is 3. The minimum Gasteiger partial charge on any atom is -0.387 e. The summed E-state index contributed by atoms with van der Waals surface area (Å²) < 4.78 is 0. The number of thioether (sulfide) groups is 2. The van der Waals surface area contributed by atoms with Crippen molar-refractivity contribution in [1.82, 2.24) is 0 Å². The molecule has 10 heavy (non-hydrogen) atoms. The maximum atomic E-state index is 7.26. The molecule has 0 spiro atoms. The van der Waals surface area contributed by atoms with E-state index in [1.165, 1.54) is 5.75 Å². The van der Waals surface area contributed by atoms with Gasteiger partial charge in [0, 0.05) is 16.8 Å². The van der Waals surface area contributed by atoms with Crippen LogP contribution in [-0.4, -0.2) is 27.8 Å². The highest BCUT2D eigenvalue weighted by Crippen LogP contribution is 2.30. The fraction of sp³-hybridized carbons (Fsp3) is 0.833. The molecular formula is C6H12N2S2. The summed E-state index contributed by atoms with van der Waals surface area (Å²) in [6, 6.07) is 0. The Morgan fingerprint density at radius 3 is 2.50 bits per heavy atom. The minimum atomic E-state index is 0.263. The Labute approximate surface area is 69.8 Å². The highest BCUT2D eigenvalue weighted by molar-refractivity contribution is 8.07. The summed E-state index contributed by atoms with van der Waals surface area (Å²) in [5.41, 5.74) is 5.41. The van der Waals surface area contributed by atoms with Gasteiger partial charge in [-0.1, -0.05) is 6.92 Å². The Bertz CT molecular complexity index is 138. The Balaban J connectivity index is 2.47. The lowest BCUT2D eigenvalue weighted by Gasteiger charge is -2.26. The van der Waals surface area contributed by atoms with Gasteiger partial charge in [-0.25, -0.2) is 0 Å². The van der Waals surface area contributed by atoms with Gasteiger partial charge < -0.3 is 5.73 Å². The van der Waals surface area contributed by atoms with Gasteiger partial charge in [-0.3, -0.25) is 5.41 Å². The summed E-state index contributed by atoms with van der Waals surface area (Å²) in [7, 11) is 0. The molecule has 1 aliphatic rings. The van der Waals surface area contributed by atoms with Gasteiger partial charge in [-0.05, 0) is 0 Å². The monoisotopic (exact) mass is 176 g/mol. The van der Waals surface area contributed by atoms with Crippen molar-refractivity contribution >= 4 is 29.4 Å². The molecule has 3 N–H and O–H groups in total. The first-order valence-corrected chi connectivity index (χ1v) is 5.38. The largest absolute Gasteiger partial charge is 0.387 e. The molecule has 1 fully saturated rings. The summed E-state index contributed by atoms with van der Waals surface area (Å²) in [4.78, 5) is 0. The third kappa shape index (κ3) is 1.83. The Hall–Kier alpha value is 0.170. The quantitative estimate of drug-likeness (QED) is 0.465. The maximum absolute atomic E-state index is 7.26. The zero-order valence-electron chi connectivity index (χ0n) is 5.96. The van der Waals surface area contributed by atoms with Crippen molar-refractivity contribution in [3.63, 3.8) is 0 Å². The maximum Gasteiger partial charge on any atom is 0.105 e. The Morgan fingerprint density at radius 2 is 2.10 bits per heavy atom. The van der Waals surface area contributed by atoms with Crippen molar-refractivity contribution in [2.24, 2.45) is 5.73 Å². The Morgan fingerprint density at radius 1 is 1.50 bits per heavy atom. The lowest BCUT2D eigenvalue weighted by molar-refractivity contribution is 1.00. The van der Waals surface area contributed by atoms with Crippen LogP contribution in [0.4, 0.5) is 0 Å². The molecule has 0 radical (unpaired) electrons. The summed E-state index contributed by atoms with van der Waals surface area (Å²) in [6.45, 7) is 2.14. The second-order valence-corrected chi connectivity index (χ2v) is 5.06. The van der Waals surface area contributed by atoms with Gasteiger partial charge in [0.1, 0.15) is 5.84 Å². The van der Waals surface area contributed by atoms with Crippen molar-refractivity contribution in [3.05, 3.63) is 0 Å².